The number of sulfonamides is 1. The van der Waals surface area contributed by atoms with Gasteiger partial charge in [-0.3, -0.25) is 4.79 Å². The van der Waals surface area contributed by atoms with E-state index in [9.17, 15) is 13.2 Å². The molecule has 1 aliphatic heterocycles. The zero-order valence-corrected chi connectivity index (χ0v) is 14.2. The number of carboxylic acid groups (broad SMARTS) is 1. The van der Waals surface area contributed by atoms with E-state index in [1.807, 2.05) is 25.1 Å². The van der Waals surface area contributed by atoms with Gasteiger partial charge < -0.3 is 10.0 Å². The van der Waals surface area contributed by atoms with Crippen LogP contribution in [0.15, 0.2) is 27.6 Å². The molecule has 1 heterocycles. The molecule has 6 nitrogen and oxygen atoms in total. The Morgan fingerprint density at radius 1 is 1.43 bits per heavy atom. The Bertz CT molecular complexity index is 660. The number of nitrogens with zero attached hydrogens (tertiary/aromatic N) is 2. The van der Waals surface area contributed by atoms with Crippen molar-refractivity contribution >= 4 is 37.6 Å². The summed E-state index contributed by atoms with van der Waals surface area (Å²) in [5, 5.41) is 9.00. The number of anilines is 1. The molecule has 0 aliphatic carbocycles. The average molecular weight is 377 g/mol. The second kappa shape index (κ2) is 5.94. The van der Waals surface area contributed by atoms with Crippen LogP contribution in [0.3, 0.4) is 0 Å². The number of carbonyl (C=O) groups is 1. The lowest BCUT2D eigenvalue weighted by atomic mass is 10.1. The van der Waals surface area contributed by atoms with Crippen LogP contribution in [0.4, 0.5) is 5.69 Å². The molecule has 0 radical (unpaired) electrons. The zero-order valence-electron chi connectivity index (χ0n) is 11.8. The molecule has 1 unspecified atom stereocenters. The van der Waals surface area contributed by atoms with E-state index >= 15 is 0 Å². The van der Waals surface area contributed by atoms with Gasteiger partial charge in [-0.2, -0.15) is 4.31 Å². The number of rotatable bonds is 4. The Hall–Kier alpha value is -1.12. The summed E-state index contributed by atoms with van der Waals surface area (Å²) in [4.78, 5) is 13.0. The molecule has 21 heavy (non-hydrogen) atoms. The molecule has 1 aromatic rings. The third kappa shape index (κ3) is 3.22. The molecule has 1 saturated heterocycles. The van der Waals surface area contributed by atoms with Crippen LogP contribution < -0.4 is 4.90 Å². The summed E-state index contributed by atoms with van der Waals surface area (Å²) in [6.45, 7) is 0.258. The van der Waals surface area contributed by atoms with Gasteiger partial charge in [0.15, 0.2) is 0 Å². The number of benzene rings is 1. The molecule has 1 N–H and O–H groups in total. The molecule has 2 rings (SSSR count). The van der Waals surface area contributed by atoms with Gasteiger partial charge in [0.2, 0.25) is 10.0 Å². The molecule has 1 aromatic carbocycles. The van der Waals surface area contributed by atoms with Crippen molar-refractivity contribution in [1.82, 2.24) is 4.31 Å². The van der Waals surface area contributed by atoms with Crippen molar-refractivity contribution in [2.24, 2.45) is 5.92 Å². The minimum absolute atomic E-state index is 0.0241. The summed E-state index contributed by atoms with van der Waals surface area (Å²) in [5.41, 5.74) is 0.769. The van der Waals surface area contributed by atoms with E-state index in [0.717, 1.165) is 5.69 Å². The van der Waals surface area contributed by atoms with E-state index in [2.05, 4.69) is 15.9 Å². The number of aliphatic carboxylic acids is 1. The molecule has 0 spiro atoms. The first-order chi connectivity index (χ1) is 9.73. The first kappa shape index (κ1) is 16.3. The number of hydrogen-bond acceptors (Lipinski definition) is 4. The Balaban J connectivity index is 2.36. The van der Waals surface area contributed by atoms with Gasteiger partial charge in [-0.25, -0.2) is 8.42 Å². The highest BCUT2D eigenvalue weighted by atomic mass is 79.9. The van der Waals surface area contributed by atoms with Crippen LogP contribution in [0.2, 0.25) is 0 Å². The predicted octanol–water partition coefficient (Wildman–Crippen LogP) is 1.61. The van der Waals surface area contributed by atoms with E-state index < -0.39 is 21.9 Å². The number of carboxylic acids is 1. The molecule has 0 saturated carbocycles. The third-order valence-corrected chi connectivity index (χ3v) is 6.41. The summed E-state index contributed by atoms with van der Waals surface area (Å²) >= 11 is 3.27. The van der Waals surface area contributed by atoms with Crippen LogP contribution in [0, 0.1) is 5.92 Å². The summed E-state index contributed by atoms with van der Waals surface area (Å²) < 4.78 is 27.1. The smallest absolute Gasteiger partial charge is 0.307 e. The summed E-state index contributed by atoms with van der Waals surface area (Å²) in [6, 6.07) is 5.09. The highest BCUT2D eigenvalue weighted by Crippen LogP contribution is 2.31. The van der Waals surface area contributed by atoms with Gasteiger partial charge in [0.05, 0.1) is 10.8 Å². The zero-order chi connectivity index (χ0) is 15.8. The van der Waals surface area contributed by atoms with Crippen LogP contribution in [0.5, 0.6) is 0 Å². The maximum Gasteiger partial charge on any atom is 0.307 e. The highest BCUT2D eigenvalue weighted by molar-refractivity contribution is 9.10. The molecular weight excluding hydrogens is 360 g/mol. The van der Waals surface area contributed by atoms with Crippen LogP contribution >= 0.6 is 15.9 Å². The SMILES string of the molecule is CN(C)c1ccc(Br)c(S(=O)(=O)N2CCC(C(=O)O)C2)c1. The largest absolute Gasteiger partial charge is 0.481 e. The molecule has 0 amide bonds. The van der Waals surface area contributed by atoms with Crippen molar-refractivity contribution in [3.8, 4) is 0 Å². The fourth-order valence-electron chi connectivity index (χ4n) is 2.26. The Morgan fingerprint density at radius 2 is 2.10 bits per heavy atom. The van der Waals surface area contributed by atoms with Gasteiger partial charge in [-0.05, 0) is 40.5 Å². The lowest BCUT2D eigenvalue weighted by Crippen LogP contribution is -2.30. The van der Waals surface area contributed by atoms with E-state index in [1.54, 1.807) is 12.1 Å². The van der Waals surface area contributed by atoms with Gasteiger partial charge in [-0.15, -0.1) is 0 Å². The van der Waals surface area contributed by atoms with Crippen molar-refractivity contribution in [3.05, 3.63) is 22.7 Å². The molecular formula is C13H17BrN2O4S. The van der Waals surface area contributed by atoms with Gasteiger partial charge in [0, 0.05) is 37.3 Å². The molecule has 0 aromatic heterocycles. The van der Waals surface area contributed by atoms with E-state index in [1.165, 1.54) is 4.31 Å². The summed E-state index contributed by atoms with van der Waals surface area (Å²) in [5.74, 6) is -1.58. The van der Waals surface area contributed by atoms with E-state index in [-0.39, 0.29) is 18.0 Å². The lowest BCUT2D eigenvalue weighted by molar-refractivity contribution is -0.141. The number of hydrogen-bond donors (Lipinski definition) is 1. The van der Waals surface area contributed by atoms with Crippen LogP contribution in [0.25, 0.3) is 0 Å². The van der Waals surface area contributed by atoms with Gasteiger partial charge in [0.1, 0.15) is 0 Å². The Labute approximate surface area is 132 Å². The fourth-order valence-corrected chi connectivity index (χ4v) is 4.70. The topological polar surface area (TPSA) is 77.9 Å². The van der Waals surface area contributed by atoms with Crippen LogP contribution in [0.1, 0.15) is 6.42 Å². The van der Waals surface area contributed by atoms with E-state index in [0.29, 0.717) is 10.9 Å². The summed E-state index contributed by atoms with van der Waals surface area (Å²) in [7, 11) is -0.0367. The molecule has 116 valence electrons. The first-order valence-corrected chi connectivity index (χ1v) is 8.66. The van der Waals surface area contributed by atoms with Gasteiger partial charge >= 0.3 is 5.97 Å². The van der Waals surface area contributed by atoms with Gasteiger partial charge in [-0.1, -0.05) is 0 Å². The van der Waals surface area contributed by atoms with Crippen molar-refractivity contribution < 1.29 is 18.3 Å². The second-order valence-electron chi connectivity index (χ2n) is 5.20. The first-order valence-electron chi connectivity index (χ1n) is 6.43. The lowest BCUT2D eigenvalue weighted by Gasteiger charge is -2.19. The fraction of sp³-hybridized carbons (Fsp3) is 0.462. The maximum atomic E-state index is 12.7. The maximum absolute atomic E-state index is 12.7. The summed E-state index contributed by atoms with van der Waals surface area (Å²) in [6.07, 6.45) is 0.347. The third-order valence-electron chi connectivity index (χ3n) is 3.55. The molecule has 1 fully saturated rings. The normalized spacial score (nSPS) is 19.7. The minimum Gasteiger partial charge on any atom is -0.481 e. The molecule has 0 bridgehead atoms. The average Bonchev–Trinajstić information content (AvgIpc) is 2.89. The Morgan fingerprint density at radius 3 is 2.62 bits per heavy atom. The minimum atomic E-state index is -3.70. The van der Waals surface area contributed by atoms with Gasteiger partial charge in [0.25, 0.3) is 0 Å². The monoisotopic (exact) mass is 376 g/mol. The molecule has 1 aliphatic rings. The Kier molecular flexibility index (Phi) is 4.60. The van der Waals surface area contributed by atoms with Crippen molar-refractivity contribution in [1.29, 1.82) is 0 Å². The molecule has 1 atom stereocenters. The number of halogens is 1. The van der Waals surface area contributed by atoms with Crippen LogP contribution in [-0.4, -0.2) is 51.0 Å². The van der Waals surface area contributed by atoms with Crippen molar-refractivity contribution in [2.45, 2.75) is 11.3 Å². The van der Waals surface area contributed by atoms with Crippen molar-refractivity contribution in [2.75, 3.05) is 32.1 Å². The predicted molar refractivity (Wildman–Crippen MR) is 83.0 cm³/mol. The van der Waals surface area contributed by atoms with E-state index in [4.69, 9.17) is 5.11 Å². The van der Waals surface area contributed by atoms with Crippen molar-refractivity contribution in [3.63, 3.8) is 0 Å². The van der Waals surface area contributed by atoms with Crippen LogP contribution in [-0.2, 0) is 14.8 Å². The quantitative estimate of drug-likeness (QED) is 0.863. The standard InChI is InChI=1S/C13H17BrN2O4S/c1-15(2)10-3-4-11(14)12(7-10)21(19,20)16-6-5-9(8-16)13(17)18/h3-4,7,9H,5-6,8H2,1-2H3,(H,17,18). The highest BCUT2D eigenvalue weighted by Gasteiger charge is 2.36. The second-order valence-corrected chi connectivity index (χ2v) is 7.96. The molecule has 8 heteroatoms.